The van der Waals surface area contributed by atoms with Gasteiger partial charge in [-0.1, -0.05) is 159 Å². The molecule has 0 unspecified atom stereocenters. The van der Waals surface area contributed by atoms with E-state index in [2.05, 4.69) is 217 Å². The largest absolute Gasteiger partial charge is 0.310 e. The summed E-state index contributed by atoms with van der Waals surface area (Å²) in [6, 6.07) is 71.4. The summed E-state index contributed by atoms with van der Waals surface area (Å²) in [5, 5.41) is 7.44. The Morgan fingerprint density at radius 3 is 1.87 bits per heavy atom. The van der Waals surface area contributed by atoms with Gasteiger partial charge in [-0.15, -0.1) is 0 Å². The molecule has 0 spiro atoms. The van der Waals surface area contributed by atoms with E-state index in [-0.39, 0.29) is 5.41 Å². The van der Waals surface area contributed by atoms with Crippen LogP contribution in [-0.4, -0.2) is 4.57 Å². The lowest BCUT2D eigenvalue weighted by atomic mass is 9.79. The lowest BCUT2D eigenvalue weighted by molar-refractivity contribution is 0.662. The van der Waals surface area contributed by atoms with E-state index in [1.807, 2.05) is 0 Å². The van der Waals surface area contributed by atoms with Crippen LogP contribution in [0.1, 0.15) is 25.0 Å². The number of anilines is 3. The molecule has 0 saturated heterocycles. The van der Waals surface area contributed by atoms with E-state index < -0.39 is 0 Å². The molecule has 1 aromatic heterocycles. The molecule has 1 aliphatic rings. The normalized spacial score (nSPS) is 13.1. The van der Waals surface area contributed by atoms with Gasteiger partial charge in [0, 0.05) is 38.6 Å². The number of hydrogen-bond acceptors (Lipinski definition) is 1. The van der Waals surface area contributed by atoms with Crippen molar-refractivity contribution in [2.45, 2.75) is 19.3 Å². The monoisotopic (exact) mass is 702 g/mol. The maximum absolute atomic E-state index is 2.46. The zero-order chi connectivity index (χ0) is 36.7. The Hall–Kier alpha value is -6.90. The van der Waals surface area contributed by atoms with E-state index in [1.165, 1.54) is 76.7 Å². The van der Waals surface area contributed by atoms with Gasteiger partial charge in [-0.3, -0.25) is 0 Å². The predicted octanol–water partition coefficient (Wildman–Crippen LogP) is 14.5. The summed E-state index contributed by atoms with van der Waals surface area (Å²) >= 11 is 0. The Balaban J connectivity index is 1.14. The molecule has 55 heavy (non-hydrogen) atoms. The van der Waals surface area contributed by atoms with Crippen molar-refractivity contribution in [3.63, 3.8) is 0 Å². The van der Waals surface area contributed by atoms with Crippen molar-refractivity contribution < 1.29 is 0 Å². The molecule has 0 bridgehead atoms. The van der Waals surface area contributed by atoms with Gasteiger partial charge < -0.3 is 9.47 Å². The molecule has 0 N–H and O–H groups in total. The molecule has 11 rings (SSSR count). The highest BCUT2D eigenvalue weighted by molar-refractivity contribution is 6.15. The van der Waals surface area contributed by atoms with Crippen LogP contribution >= 0.6 is 0 Å². The Morgan fingerprint density at radius 1 is 0.418 bits per heavy atom. The second-order valence-corrected chi connectivity index (χ2v) is 15.3. The summed E-state index contributed by atoms with van der Waals surface area (Å²) in [6.45, 7) is 4.74. The first-order valence-electron chi connectivity index (χ1n) is 19.2. The van der Waals surface area contributed by atoms with Gasteiger partial charge in [0.25, 0.3) is 0 Å². The molecule has 10 aromatic rings. The summed E-state index contributed by atoms with van der Waals surface area (Å²) < 4.78 is 2.41. The molecule has 2 nitrogen and oxygen atoms in total. The van der Waals surface area contributed by atoms with Crippen molar-refractivity contribution in [3.8, 4) is 27.9 Å². The van der Waals surface area contributed by atoms with Crippen LogP contribution in [0.5, 0.6) is 0 Å². The third kappa shape index (κ3) is 4.74. The predicted molar refractivity (Wildman–Crippen MR) is 233 cm³/mol. The summed E-state index contributed by atoms with van der Waals surface area (Å²) in [7, 11) is 0. The third-order valence-corrected chi connectivity index (χ3v) is 11.9. The van der Waals surface area contributed by atoms with Crippen LogP contribution in [0.2, 0.25) is 0 Å². The van der Waals surface area contributed by atoms with Crippen molar-refractivity contribution in [1.82, 2.24) is 4.57 Å². The molecule has 9 aromatic carbocycles. The van der Waals surface area contributed by atoms with E-state index in [9.17, 15) is 0 Å². The second kappa shape index (κ2) is 12.1. The molecule has 0 saturated carbocycles. The Kier molecular flexibility index (Phi) is 6.93. The number of hydrogen-bond donors (Lipinski definition) is 0. The van der Waals surface area contributed by atoms with Gasteiger partial charge in [-0.25, -0.2) is 0 Å². The summed E-state index contributed by atoms with van der Waals surface area (Å²) in [5.41, 5.74) is 14.8. The molecule has 1 heterocycles. The standard InChI is InChI=1S/C53H38N2/c1-53(2)48-25-12-10-20-43(48)47-24-14-23-41(52(47)53)35-27-29-38(30-28-35)54(50-33-36-15-6-7-18-40(36)42-19-8-9-21-44(42)50)39-31-32-46-45-22-11-13-26-49(45)55(51(46)34-39)37-16-4-3-5-17-37/h3-34H,1-2H3. The second-order valence-electron chi connectivity index (χ2n) is 15.3. The summed E-state index contributed by atoms with van der Waals surface area (Å²) in [4.78, 5) is 2.46. The molecule has 1 aliphatic carbocycles. The smallest absolute Gasteiger partial charge is 0.0561 e. The Bertz CT molecular complexity index is 3110. The molecule has 0 atom stereocenters. The lowest BCUT2D eigenvalue weighted by Gasteiger charge is -2.28. The number of benzene rings is 9. The van der Waals surface area contributed by atoms with Gasteiger partial charge in [0.15, 0.2) is 0 Å². The molecular formula is C53H38N2. The van der Waals surface area contributed by atoms with Crippen molar-refractivity contribution in [2.24, 2.45) is 0 Å². The van der Waals surface area contributed by atoms with E-state index in [4.69, 9.17) is 0 Å². The molecule has 0 fully saturated rings. The van der Waals surface area contributed by atoms with Gasteiger partial charge in [0.2, 0.25) is 0 Å². The zero-order valence-electron chi connectivity index (χ0n) is 30.9. The number of aromatic nitrogens is 1. The third-order valence-electron chi connectivity index (χ3n) is 11.9. The van der Waals surface area contributed by atoms with Crippen molar-refractivity contribution in [2.75, 3.05) is 4.90 Å². The average molecular weight is 703 g/mol. The first kappa shape index (κ1) is 31.6. The van der Waals surface area contributed by atoms with E-state index >= 15 is 0 Å². The van der Waals surface area contributed by atoms with Crippen LogP contribution in [-0.2, 0) is 5.41 Å². The van der Waals surface area contributed by atoms with Crippen molar-refractivity contribution in [1.29, 1.82) is 0 Å². The minimum absolute atomic E-state index is 0.0934. The fourth-order valence-electron chi connectivity index (χ4n) is 9.48. The highest BCUT2D eigenvalue weighted by atomic mass is 15.1. The van der Waals surface area contributed by atoms with Gasteiger partial charge in [-0.05, 0) is 98.1 Å². The van der Waals surface area contributed by atoms with Gasteiger partial charge >= 0.3 is 0 Å². The molecule has 260 valence electrons. The minimum atomic E-state index is -0.0934. The number of fused-ring (bicyclic) bond motifs is 9. The molecule has 2 heteroatoms. The first-order valence-corrected chi connectivity index (χ1v) is 19.2. The maximum atomic E-state index is 2.46. The summed E-state index contributed by atoms with van der Waals surface area (Å²) in [6.07, 6.45) is 0. The SMILES string of the molecule is CC1(C)c2ccccc2-c2cccc(-c3ccc(N(c4ccc5c6ccccc6n(-c6ccccc6)c5c4)c4cc5ccccc5c5ccccc45)cc3)c21. The van der Waals surface area contributed by atoms with Crippen LogP contribution < -0.4 is 4.90 Å². The summed E-state index contributed by atoms with van der Waals surface area (Å²) in [5.74, 6) is 0. The number of rotatable bonds is 5. The quantitative estimate of drug-likeness (QED) is 0.162. The fourth-order valence-corrected chi connectivity index (χ4v) is 9.48. The number of para-hydroxylation sites is 2. The molecule has 0 aliphatic heterocycles. The zero-order valence-corrected chi connectivity index (χ0v) is 30.9. The highest BCUT2D eigenvalue weighted by Crippen LogP contribution is 2.52. The molecular weight excluding hydrogens is 665 g/mol. The topological polar surface area (TPSA) is 8.17 Å². The van der Waals surface area contributed by atoms with Crippen LogP contribution in [0.25, 0.3) is 71.3 Å². The fraction of sp³-hybridized carbons (Fsp3) is 0.0566. The van der Waals surface area contributed by atoms with Crippen LogP contribution in [0.4, 0.5) is 17.1 Å². The Morgan fingerprint density at radius 2 is 1.04 bits per heavy atom. The van der Waals surface area contributed by atoms with Crippen LogP contribution in [0.3, 0.4) is 0 Å². The first-order chi connectivity index (χ1) is 27.1. The van der Waals surface area contributed by atoms with Crippen LogP contribution in [0, 0.1) is 0 Å². The lowest BCUT2D eigenvalue weighted by Crippen LogP contribution is -2.16. The van der Waals surface area contributed by atoms with Gasteiger partial charge in [0.05, 0.1) is 16.7 Å². The Labute approximate surface area is 321 Å². The van der Waals surface area contributed by atoms with Gasteiger partial charge in [-0.2, -0.15) is 0 Å². The molecule has 0 amide bonds. The minimum Gasteiger partial charge on any atom is -0.310 e. The van der Waals surface area contributed by atoms with E-state index in [0.717, 1.165) is 22.7 Å². The molecule has 0 radical (unpaired) electrons. The van der Waals surface area contributed by atoms with Crippen LogP contribution in [0.15, 0.2) is 194 Å². The van der Waals surface area contributed by atoms with Crippen molar-refractivity contribution in [3.05, 3.63) is 205 Å². The average Bonchev–Trinajstić information content (AvgIpc) is 3.70. The van der Waals surface area contributed by atoms with E-state index in [0.29, 0.717) is 0 Å². The van der Waals surface area contributed by atoms with E-state index in [1.54, 1.807) is 0 Å². The number of nitrogens with zero attached hydrogens (tertiary/aromatic N) is 2. The maximum Gasteiger partial charge on any atom is 0.0561 e. The highest BCUT2D eigenvalue weighted by Gasteiger charge is 2.37. The van der Waals surface area contributed by atoms with Gasteiger partial charge in [0.1, 0.15) is 0 Å². The van der Waals surface area contributed by atoms with Crippen molar-refractivity contribution >= 4 is 60.4 Å².